The third-order valence-corrected chi connectivity index (χ3v) is 5.40. The summed E-state index contributed by atoms with van der Waals surface area (Å²) in [4.78, 5) is 30.7. The first kappa shape index (κ1) is 17.3. The molecule has 0 fully saturated rings. The van der Waals surface area contributed by atoms with Crippen LogP contribution in [0.3, 0.4) is 0 Å². The molecule has 4 rings (SSSR count). The van der Waals surface area contributed by atoms with Crippen LogP contribution in [-0.2, 0) is 17.9 Å². The number of thiazole rings is 1. The Morgan fingerprint density at radius 1 is 1.26 bits per heavy atom. The van der Waals surface area contributed by atoms with Crippen molar-refractivity contribution in [2.75, 3.05) is 0 Å². The lowest BCUT2D eigenvalue weighted by Crippen LogP contribution is -2.50. The van der Waals surface area contributed by atoms with Crippen LogP contribution in [0.25, 0.3) is 11.3 Å². The Hall–Kier alpha value is -3.07. The molecule has 1 atom stereocenters. The SMILES string of the molecule is Cc1nc(-c2cccc(C(=O)N3Cc4nnc(C)n4CC3C(=O)O)c2)cs1. The van der Waals surface area contributed by atoms with E-state index >= 15 is 0 Å². The Bertz CT molecular complexity index is 1040. The van der Waals surface area contributed by atoms with E-state index in [0.29, 0.717) is 17.2 Å². The average Bonchev–Trinajstić information content (AvgIpc) is 3.26. The van der Waals surface area contributed by atoms with Crippen LogP contribution in [0.15, 0.2) is 29.6 Å². The Balaban J connectivity index is 1.68. The summed E-state index contributed by atoms with van der Waals surface area (Å²) < 4.78 is 1.75. The van der Waals surface area contributed by atoms with Gasteiger partial charge in [0.1, 0.15) is 11.9 Å². The van der Waals surface area contributed by atoms with Gasteiger partial charge >= 0.3 is 5.97 Å². The molecule has 1 N–H and O–H groups in total. The number of rotatable bonds is 3. The molecule has 1 aromatic carbocycles. The van der Waals surface area contributed by atoms with Crippen molar-refractivity contribution in [1.29, 1.82) is 0 Å². The summed E-state index contributed by atoms with van der Waals surface area (Å²) in [5, 5.41) is 20.6. The zero-order valence-electron chi connectivity index (χ0n) is 14.8. The molecule has 1 aliphatic heterocycles. The van der Waals surface area contributed by atoms with Crippen molar-refractivity contribution in [2.45, 2.75) is 33.0 Å². The minimum absolute atomic E-state index is 0.108. The Labute approximate surface area is 159 Å². The molecule has 0 bridgehead atoms. The van der Waals surface area contributed by atoms with E-state index in [9.17, 15) is 14.7 Å². The summed E-state index contributed by atoms with van der Waals surface area (Å²) in [6.45, 7) is 3.94. The summed E-state index contributed by atoms with van der Waals surface area (Å²) >= 11 is 1.54. The molecule has 9 heteroatoms. The van der Waals surface area contributed by atoms with E-state index in [1.165, 1.54) is 16.2 Å². The molecule has 8 nitrogen and oxygen atoms in total. The zero-order valence-corrected chi connectivity index (χ0v) is 15.6. The highest BCUT2D eigenvalue weighted by Gasteiger charge is 2.36. The van der Waals surface area contributed by atoms with E-state index in [4.69, 9.17) is 0 Å². The predicted octanol–water partition coefficient (Wildman–Crippen LogP) is 2.13. The van der Waals surface area contributed by atoms with E-state index in [2.05, 4.69) is 15.2 Å². The molecule has 1 aliphatic rings. The molecule has 1 unspecified atom stereocenters. The van der Waals surface area contributed by atoms with Crippen molar-refractivity contribution in [3.63, 3.8) is 0 Å². The Morgan fingerprint density at radius 3 is 2.78 bits per heavy atom. The quantitative estimate of drug-likeness (QED) is 0.743. The molecule has 138 valence electrons. The van der Waals surface area contributed by atoms with Crippen LogP contribution in [0, 0.1) is 13.8 Å². The minimum atomic E-state index is -1.05. The fourth-order valence-corrected chi connectivity index (χ4v) is 3.83. The van der Waals surface area contributed by atoms with Crippen LogP contribution in [0.2, 0.25) is 0 Å². The fraction of sp³-hybridized carbons (Fsp3) is 0.278. The van der Waals surface area contributed by atoms with E-state index in [1.807, 2.05) is 18.4 Å². The Morgan fingerprint density at radius 2 is 2.07 bits per heavy atom. The van der Waals surface area contributed by atoms with Gasteiger partial charge in [0.25, 0.3) is 5.91 Å². The lowest BCUT2D eigenvalue weighted by molar-refractivity contribution is -0.143. The number of aromatic nitrogens is 4. The number of carboxylic acids is 1. The molecule has 1 amide bonds. The van der Waals surface area contributed by atoms with Crippen molar-refractivity contribution in [3.05, 3.63) is 51.9 Å². The topological polar surface area (TPSA) is 101 Å². The highest BCUT2D eigenvalue weighted by molar-refractivity contribution is 7.09. The second-order valence-electron chi connectivity index (χ2n) is 6.39. The van der Waals surface area contributed by atoms with Gasteiger partial charge in [0, 0.05) is 16.5 Å². The second kappa shape index (κ2) is 6.58. The molecular formula is C18H17N5O3S. The van der Waals surface area contributed by atoms with Crippen LogP contribution in [0.4, 0.5) is 0 Å². The number of hydrogen-bond acceptors (Lipinski definition) is 6. The van der Waals surface area contributed by atoms with Crippen molar-refractivity contribution in [3.8, 4) is 11.3 Å². The van der Waals surface area contributed by atoms with Crippen LogP contribution < -0.4 is 0 Å². The maximum absolute atomic E-state index is 13.1. The highest BCUT2D eigenvalue weighted by atomic mass is 32.1. The zero-order chi connectivity index (χ0) is 19.1. The maximum Gasteiger partial charge on any atom is 0.328 e. The van der Waals surface area contributed by atoms with Gasteiger partial charge in [0.05, 0.1) is 23.8 Å². The third-order valence-electron chi connectivity index (χ3n) is 4.63. The third kappa shape index (κ3) is 3.10. The van der Waals surface area contributed by atoms with E-state index in [1.54, 1.807) is 29.7 Å². The molecule has 0 radical (unpaired) electrons. The number of hydrogen-bond donors (Lipinski definition) is 1. The largest absolute Gasteiger partial charge is 0.480 e. The number of carboxylic acid groups (broad SMARTS) is 1. The number of nitrogens with zero attached hydrogens (tertiary/aromatic N) is 5. The normalized spacial score (nSPS) is 16.2. The van der Waals surface area contributed by atoms with E-state index < -0.39 is 12.0 Å². The summed E-state index contributed by atoms with van der Waals surface area (Å²) in [6.07, 6.45) is 0. The van der Waals surface area contributed by atoms with Crippen molar-refractivity contribution in [1.82, 2.24) is 24.6 Å². The number of carbonyl (C=O) groups is 2. The first-order valence-corrected chi connectivity index (χ1v) is 9.27. The average molecular weight is 383 g/mol. The van der Waals surface area contributed by atoms with Gasteiger partial charge in [-0.3, -0.25) is 4.79 Å². The highest BCUT2D eigenvalue weighted by Crippen LogP contribution is 2.25. The van der Waals surface area contributed by atoms with Crippen molar-refractivity contribution < 1.29 is 14.7 Å². The van der Waals surface area contributed by atoms with Gasteiger partial charge < -0.3 is 14.6 Å². The second-order valence-corrected chi connectivity index (χ2v) is 7.46. The maximum atomic E-state index is 13.1. The van der Waals surface area contributed by atoms with Gasteiger partial charge in [-0.25, -0.2) is 9.78 Å². The molecule has 0 saturated carbocycles. The number of aliphatic carboxylic acids is 1. The molecule has 0 aliphatic carbocycles. The first-order valence-electron chi connectivity index (χ1n) is 8.39. The van der Waals surface area contributed by atoms with Crippen LogP contribution in [0.5, 0.6) is 0 Å². The summed E-state index contributed by atoms with van der Waals surface area (Å²) in [5.41, 5.74) is 2.05. The van der Waals surface area contributed by atoms with E-state index in [-0.39, 0.29) is 19.0 Å². The predicted molar refractivity (Wildman–Crippen MR) is 98.3 cm³/mol. The summed E-state index contributed by atoms with van der Waals surface area (Å²) in [5.74, 6) is -0.162. The number of benzene rings is 1. The van der Waals surface area contributed by atoms with Gasteiger partial charge in [0.15, 0.2) is 5.82 Å². The van der Waals surface area contributed by atoms with Gasteiger partial charge in [-0.15, -0.1) is 21.5 Å². The van der Waals surface area contributed by atoms with Crippen LogP contribution in [0.1, 0.15) is 27.0 Å². The van der Waals surface area contributed by atoms with Crippen molar-refractivity contribution >= 4 is 23.2 Å². The lowest BCUT2D eigenvalue weighted by Gasteiger charge is -2.33. The molecule has 0 spiro atoms. The smallest absolute Gasteiger partial charge is 0.328 e. The van der Waals surface area contributed by atoms with Gasteiger partial charge in [-0.2, -0.15) is 0 Å². The van der Waals surface area contributed by atoms with E-state index in [0.717, 1.165) is 16.3 Å². The number of carbonyl (C=O) groups excluding carboxylic acids is 1. The molecule has 0 saturated heterocycles. The van der Waals surface area contributed by atoms with Crippen LogP contribution in [-0.4, -0.2) is 47.7 Å². The summed E-state index contributed by atoms with van der Waals surface area (Å²) in [6, 6.07) is 6.14. The molecule has 3 heterocycles. The Kier molecular flexibility index (Phi) is 4.23. The lowest BCUT2D eigenvalue weighted by atomic mass is 10.1. The van der Waals surface area contributed by atoms with Gasteiger partial charge in [-0.1, -0.05) is 12.1 Å². The molecular weight excluding hydrogens is 366 g/mol. The molecule has 2 aromatic heterocycles. The summed E-state index contributed by atoms with van der Waals surface area (Å²) in [7, 11) is 0. The standard InChI is InChI=1S/C18H17N5O3S/c1-10-20-21-16-8-23(15(18(25)26)7-22(10)16)17(24)13-5-3-4-12(6-13)14-9-27-11(2)19-14/h3-6,9,15H,7-8H2,1-2H3,(H,25,26). The fourth-order valence-electron chi connectivity index (χ4n) is 3.21. The first-order chi connectivity index (χ1) is 12.9. The molecule has 27 heavy (non-hydrogen) atoms. The number of amides is 1. The van der Waals surface area contributed by atoms with Gasteiger partial charge in [-0.05, 0) is 26.0 Å². The van der Waals surface area contributed by atoms with Crippen molar-refractivity contribution in [2.24, 2.45) is 0 Å². The van der Waals surface area contributed by atoms with Crippen LogP contribution >= 0.6 is 11.3 Å². The molecule has 3 aromatic rings. The number of aryl methyl sites for hydroxylation is 2. The minimum Gasteiger partial charge on any atom is -0.480 e. The number of fused-ring (bicyclic) bond motifs is 1. The van der Waals surface area contributed by atoms with Gasteiger partial charge in [0.2, 0.25) is 0 Å². The monoisotopic (exact) mass is 383 g/mol.